The van der Waals surface area contributed by atoms with Crippen molar-refractivity contribution in [3.8, 4) is 0 Å². The Hall–Kier alpha value is -0.120. The number of likely N-dealkylation sites (N-methyl/N-ethyl adjacent to an activating group) is 1. The molecule has 0 aromatic carbocycles. The summed E-state index contributed by atoms with van der Waals surface area (Å²) < 4.78 is 5.81. The van der Waals surface area contributed by atoms with Crippen molar-refractivity contribution in [3.63, 3.8) is 0 Å². The molecule has 1 saturated heterocycles. The standard InChI is InChI=1S/C15H30N2O/c1-12-9-15(2,3)6-5-14(12)17(4)11-13-10-16-7-8-18-13/h12-14,16H,5-11H2,1-4H3. The third-order valence-corrected chi connectivity index (χ3v) is 4.71. The molecule has 1 aliphatic carbocycles. The highest BCUT2D eigenvalue weighted by Crippen LogP contribution is 2.40. The second-order valence-electron chi connectivity index (χ2n) is 7.09. The van der Waals surface area contributed by atoms with Gasteiger partial charge in [0.2, 0.25) is 0 Å². The number of nitrogens with zero attached hydrogens (tertiary/aromatic N) is 1. The van der Waals surface area contributed by atoms with Gasteiger partial charge < -0.3 is 15.0 Å². The summed E-state index contributed by atoms with van der Waals surface area (Å²) in [6.07, 6.45) is 4.43. The molecule has 0 aromatic heterocycles. The van der Waals surface area contributed by atoms with Gasteiger partial charge in [0.15, 0.2) is 0 Å². The zero-order valence-corrected chi connectivity index (χ0v) is 12.5. The quantitative estimate of drug-likeness (QED) is 0.835. The van der Waals surface area contributed by atoms with Gasteiger partial charge in [0.1, 0.15) is 0 Å². The first-order valence-electron chi connectivity index (χ1n) is 7.50. The molecular formula is C15H30N2O. The van der Waals surface area contributed by atoms with Crippen molar-refractivity contribution in [2.75, 3.05) is 33.3 Å². The average molecular weight is 254 g/mol. The van der Waals surface area contributed by atoms with Crippen molar-refractivity contribution in [1.29, 1.82) is 0 Å². The van der Waals surface area contributed by atoms with Gasteiger partial charge in [-0.05, 0) is 37.6 Å². The van der Waals surface area contributed by atoms with E-state index in [2.05, 4.69) is 38.0 Å². The van der Waals surface area contributed by atoms with E-state index < -0.39 is 0 Å². The van der Waals surface area contributed by atoms with Crippen molar-refractivity contribution >= 4 is 0 Å². The molecule has 18 heavy (non-hydrogen) atoms. The zero-order chi connectivity index (χ0) is 13.2. The van der Waals surface area contributed by atoms with E-state index in [4.69, 9.17) is 4.74 Å². The summed E-state index contributed by atoms with van der Waals surface area (Å²) >= 11 is 0. The maximum atomic E-state index is 5.81. The van der Waals surface area contributed by atoms with Crippen molar-refractivity contribution in [1.82, 2.24) is 10.2 Å². The normalized spacial score (nSPS) is 36.8. The van der Waals surface area contributed by atoms with Crippen LogP contribution in [0.4, 0.5) is 0 Å². The lowest BCUT2D eigenvalue weighted by atomic mass is 9.70. The van der Waals surface area contributed by atoms with E-state index in [0.29, 0.717) is 11.5 Å². The summed E-state index contributed by atoms with van der Waals surface area (Å²) in [5.74, 6) is 0.801. The van der Waals surface area contributed by atoms with Crippen LogP contribution in [-0.4, -0.2) is 50.3 Å². The highest BCUT2D eigenvalue weighted by molar-refractivity contribution is 4.88. The maximum Gasteiger partial charge on any atom is 0.0826 e. The first-order chi connectivity index (χ1) is 8.48. The third kappa shape index (κ3) is 3.69. The minimum absolute atomic E-state index is 0.380. The number of morpholine rings is 1. The fourth-order valence-corrected chi connectivity index (χ4v) is 3.78. The number of hydrogen-bond acceptors (Lipinski definition) is 3. The van der Waals surface area contributed by atoms with Crippen LogP contribution in [0.5, 0.6) is 0 Å². The minimum Gasteiger partial charge on any atom is -0.374 e. The molecule has 1 aliphatic heterocycles. The molecular weight excluding hydrogens is 224 g/mol. The van der Waals surface area contributed by atoms with Crippen molar-refractivity contribution in [3.05, 3.63) is 0 Å². The topological polar surface area (TPSA) is 24.5 Å². The molecule has 1 N–H and O–H groups in total. The van der Waals surface area contributed by atoms with E-state index in [0.717, 1.165) is 38.2 Å². The summed E-state index contributed by atoms with van der Waals surface area (Å²) in [5.41, 5.74) is 0.541. The monoisotopic (exact) mass is 254 g/mol. The van der Waals surface area contributed by atoms with Gasteiger partial charge >= 0.3 is 0 Å². The van der Waals surface area contributed by atoms with Crippen LogP contribution in [0.2, 0.25) is 0 Å². The lowest BCUT2D eigenvalue weighted by Gasteiger charge is -2.44. The second kappa shape index (κ2) is 5.89. The van der Waals surface area contributed by atoms with Gasteiger partial charge in [0.05, 0.1) is 12.7 Å². The Bertz CT molecular complexity index is 261. The summed E-state index contributed by atoms with van der Waals surface area (Å²) in [4.78, 5) is 2.54. The van der Waals surface area contributed by atoms with Gasteiger partial charge in [0.25, 0.3) is 0 Å². The Morgan fingerprint density at radius 3 is 2.78 bits per heavy atom. The molecule has 3 heteroatoms. The lowest BCUT2D eigenvalue weighted by molar-refractivity contribution is -0.0128. The van der Waals surface area contributed by atoms with Gasteiger partial charge in [-0.15, -0.1) is 0 Å². The number of ether oxygens (including phenoxy) is 1. The molecule has 0 spiro atoms. The molecule has 3 unspecified atom stereocenters. The van der Waals surface area contributed by atoms with Crippen LogP contribution < -0.4 is 5.32 Å². The first kappa shape index (κ1) is 14.3. The molecule has 2 rings (SSSR count). The Morgan fingerprint density at radius 1 is 1.39 bits per heavy atom. The minimum atomic E-state index is 0.380. The fourth-order valence-electron chi connectivity index (χ4n) is 3.78. The van der Waals surface area contributed by atoms with Gasteiger partial charge in [0, 0.05) is 25.7 Å². The molecule has 1 saturated carbocycles. The van der Waals surface area contributed by atoms with E-state index in [1.54, 1.807) is 0 Å². The summed E-state index contributed by atoms with van der Waals surface area (Å²) in [7, 11) is 2.28. The molecule has 106 valence electrons. The van der Waals surface area contributed by atoms with Crippen LogP contribution in [0, 0.1) is 11.3 Å². The maximum absolute atomic E-state index is 5.81. The Balaban J connectivity index is 1.83. The van der Waals surface area contributed by atoms with E-state index in [-0.39, 0.29) is 0 Å². The van der Waals surface area contributed by atoms with Crippen LogP contribution >= 0.6 is 0 Å². The smallest absolute Gasteiger partial charge is 0.0826 e. The lowest BCUT2D eigenvalue weighted by Crippen LogP contribution is -2.49. The molecule has 2 aliphatic rings. The van der Waals surface area contributed by atoms with Crippen LogP contribution in [0.25, 0.3) is 0 Å². The third-order valence-electron chi connectivity index (χ3n) is 4.71. The van der Waals surface area contributed by atoms with Gasteiger partial charge in [-0.2, -0.15) is 0 Å². The van der Waals surface area contributed by atoms with Crippen molar-refractivity contribution < 1.29 is 4.74 Å². The number of nitrogens with one attached hydrogen (secondary N) is 1. The highest BCUT2D eigenvalue weighted by atomic mass is 16.5. The Morgan fingerprint density at radius 2 is 2.17 bits per heavy atom. The molecule has 2 fully saturated rings. The number of hydrogen-bond donors (Lipinski definition) is 1. The first-order valence-corrected chi connectivity index (χ1v) is 7.50. The van der Waals surface area contributed by atoms with E-state index in [9.17, 15) is 0 Å². The van der Waals surface area contributed by atoms with E-state index in [1.165, 1.54) is 19.3 Å². The van der Waals surface area contributed by atoms with E-state index in [1.807, 2.05) is 0 Å². The predicted molar refractivity (Wildman–Crippen MR) is 75.8 cm³/mol. The molecule has 0 aromatic rings. The zero-order valence-electron chi connectivity index (χ0n) is 12.5. The molecule has 1 heterocycles. The molecule has 0 radical (unpaired) electrons. The van der Waals surface area contributed by atoms with Crippen LogP contribution in [-0.2, 0) is 4.74 Å². The van der Waals surface area contributed by atoms with Crippen molar-refractivity contribution in [2.24, 2.45) is 11.3 Å². The summed E-state index contributed by atoms with van der Waals surface area (Å²) in [6.45, 7) is 11.2. The molecule has 0 amide bonds. The highest BCUT2D eigenvalue weighted by Gasteiger charge is 2.34. The largest absolute Gasteiger partial charge is 0.374 e. The van der Waals surface area contributed by atoms with Crippen LogP contribution in [0.15, 0.2) is 0 Å². The fraction of sp³-hybridized carbons (Fsp3) is 1.00. The SMILES string of the molecule is CC1CC(C)(C)CCC1N(C)CC1CNCCO1. The Labute approximate surface area is 112 Å². The summed E-state index contributed by atoms with van der Waals surface area (Å²) in [6, 6.07) is 0.739. The molecule has 3 nitrogen and oxygen atoms in total. The number of rotatable bonds is 3. The second-order valence-corrected chi connectivity index (χ2v) is 7.09. The van der Waals surface area contributed by atoms with Crippen LogP contribution in [0.3, 0.4) is 0 Å². The van der Waals surface area contributed by atoms with Gasteiger partial charge in [-0.1, -0.05) is 20.8 Å². The predicted octanol–water partition coefficient (Wildman–Crippen LogP) is 2.12. The van der Waals surface area contributed by atoms with Gasteiger partial charge in [-0.3, -0.25) is 0 Å². The molecule has 0 bridgehead atoms. The molecule has 3 atom stereocenters. The van der Waals surface area contributed by atoms with Gasteiger partial charge in [-0.25, -0.2) is 0 Å². The average Bonchev–Trinajstić information content (AvgIpc) is 2.28. The Kier molecular flexibility index (Phi) is 4.68. The van der Waals surface area contributed by atoms with Crippen molar-refractivity contribution in [2.45, 2.75) is 52.2 Å². The summed E-state index contributed by atoms with van der Waals surface area (Å²) in [5, 5.41) is 3.42. The van der Waals surface area contributed by atoms with Crippen LogP contribution in [0.1, 0.15) is 40.0 Å². The van der Waals surface area contributed by atoms with E-state index >= 15 is 0 Å².